The summed E-state index contributed by atoms with van der Waals surface area (Å²) in [5.74, 6) is 0.183. The van der Waals surface area contributed by atoms with Gasteiger partial charge in [0.2, 0.25) is 5.91 Å². The van der Waals surface area contributed by atoms with Crippen LogP contribution in [0.4, 0.5) is 5.69 Å². The predicted molar refractivity (Wildman–Crippen MR) is 91.0 cm³/mol. The first-order valence-corrected chi connectivity index (χ1v) is 7.66. The maximum atomic E-state index is 12.1. The Morgan fingerprint density at radius 1 is 1.18 bits per heavy atom. The van der Waals surface area contributed by atoms with Crippen LogP contribution in [0.3, 0.4) is 0 Å². The first-order valence-electron chi connectivity index (χ1n) is 7.66. The highest BCUT2D eigenvalue weighted by molar-refractivity contribution is 5.91. The van der Waals surface area contributed by atoms with E-state index in [0.29, 0.717) is 6.42 Å². The second-order valence-corrected chi connectivity index (χ2v) is 6.77. The molecule has 1 heterocycles. The number of hydrogen-bond acceptors (Lipinski definition) is 2. The van der Waals surface area contributed by atoms with Crippen molar-refractivity contribution in [2.24, 2.45) is 0 Å². The summed E-state index contributed by atoms with van der Waals surface area (Å²) in [5.41, 5.74) is 3.31. The lowest BCUT2D eigenvalue weighted by molar-refractivity contribution is -0.116. The summed E-state index contributed by atoms with van der Waals surface area (Å²) in [6.45, 7) is 8.57. The fraction of sp³-hybridized carbons (Fsp3) is 0.368. The monoisotopic (exact) mass is 296 g/mol. The molecule has 1 aromatic heterocycles. The van der Waals surface area contributed by atoms with Gasteiger partial charge in [0, 0.05) is 24.5 Å². The van der Waals surface area contributed by atoms with Crippen LogP contribution in [0.5, 0.6) is 0 Å². The zero-order chi connectivity index (χ0) is 16.2. The molecule has 2 aromatic rings. The third-order valence-corrected chi connectivity index (χ3v) is 3.78. The maximum absolute atomic E-state index is 12.1. The number of amides is 1. The van der Waals surface area contributed by atoms with Crippen LogP contribution < -0.4 is 5.32 Å². The molecular formula is C19H24N2O. The highest BCUT2D eigenvalue weighted by Crippen LogP contribution is 2.24. The average Bonchev–Trinajstić information content (AvgIpc) is 2.47. The van der Waals surface area contributed by atoms with Crippen molar-refractivity contribution in [1.82, 2.24) is 4.98 Å². The molecule has 0 radical (unpaired) electrons. The molecule has 1 atom stereocenters. The number of hydrogen-bond donors (Lipinski definition) is 1. The van der Waals surface area contributed by atoms with Crippen LogP contribution in [-0.4, -0.2) is 10.9 Å². The Labute approximate surface area is 132 Å². The summed E-state index contributed by atoms with van der Waals surface area (Å²) in [5, 5.41) is 2.96. The number of nitrogens with one attached hydrogen (secondary N) is 1. The summed E-state index contributed by atoms with van der Waals surface area (Å²) < 4.78 is 0. The van der Waals surface area contributed by atoms with E-state index in [9.17, 15) is 4.79 Å². The average molecular weight is 296 g/mol. The van der Waals surface area contributed by atoms with E-state index < -0.39 is 0 Å². The van der Waals surface area contributed by atoms with Crippen molar-refractivity contribution in [3.8, 4) is 0 Å². The summed E-state index contributed by atoms with van der Waals surface area (Å²) in [6, 6.07) is 12.0. The molecule has 0 aliphatic carbocycles. The van der Waals surface area contributed by atoms with Crippen molar-refractivity contribution in [3.05, 3.63) is 59.9 Å². The summed E-state index contributed by atoms with van der Waals surface area (Å²) in [4.78, 5) is 16.2. The minimum Gasteiger partial charge on any atom is -0.326 e. The number of carbonyl (C=O) groups excluding carboxylic acids is 1. The molecule has 3 heteroatoms. The van der Waals surface area contributed by atoms with Gasteiger partial charge in [-0.1, -0.05) is 45.9 Å². The van der Waals surface area contributed by atoms with E-state index in [-0.39, 0.29) is 17.2 Å². The molecule has 1 aromatic carbocycles. The van der Waals surface area contributed by atoms with Gasteiger partial charge in [-0.2, -0.15) is 0 Å². The lowest BCUT2D eigenvalue weighted by atomic mass is 9.87. The van der Waals surface area contributed by atoms with Gasteiger partial charge < -0.3 is 5.32 Å². The van der Waals surface area contributed by atoms with E-state index in [2.05, 4.69) is 43.2 Å². The normalized spacial score (nSPS) is 12.7. The Morgan fingerprint density at radius 3 is 2.41 bits per heavy atom. The van der Waals surface area contributed by atoms with Gasteiger partial charge in [0.1, 0.15) is 0 Å². The number of aromatic nitrogens is 1. The number of anilines is 1. The van der Waals surface area contributed by atoms with Crippen molar-refractivity contribution in [2.45, 2.75) is 45.4 Å². The van der Waals surface area contributed by atoms with Crippen LogP contribution in [0.2, 0.25) is 0 Å². The minimum absolute atomic E-state index is 0.0276. The molecule has 0 saturated carbocycles. The first-order chi connectivity index (χ1) is 10.4. The van der Waals surface area contributed by atoms with E-state index in [1.807, 2.05) is 37.4 Å². The van der Waals surface area contributed by atoms with Crippen LogP contribution in [0, 0.1) is 0 Å². The van der Waals surface area contributed by atoms with Gasteiger partial charge in [-0.15, -0.1) is 0 Å². The fourth-order valence-corrected chi connectivity index (χ4v) is 2.33. The Morgan fingerprint density at radius 2 is 1.86 bits per heavy atom. The lowest BCUT2D eigenvalue weighted by Crippen LogP contribution is -2.15. The molecular weight excluding hydrogens is 272 g/mol. The van der Waals surface area contributed by atoms with Gasteiger partial charge in [-0.05, 0) is 40.7 Å². The number of benzene rings is 1. The molecule has 0 spiro atoms. The zero-order valence-electron chi connectivity index (χ0n) is 13.8. The molecule has 0 fully saturated rings. The van der Waals surface area contributed by atoms with Crippen molar-refractivity contribution in [1.29, 1.82) is 0 Å². The number of rotatable bonds is 4. The highest BCUT2D eigenvalue weighted by Gasteiger charge is 2.14. The number of nitrogens with zero attached hydrogens (tertiary/aromatic N) is 1. The SMILES string of the molecule is CC(CC(=O)Nc1ccc(C(C)(C)C)cc1)c1cccnc1. The van der Waals surface area contributed by atoms with Crippen molar-refractivity contribution >= 4 is 11.6 Å². The van der Waals surface area contributed by atoms with Crippen molar-refractivity contribution < 1.29 is 4.79 Å². The highest BCUT2D eigenvalue weighted by atomic mass is 16.1. The molecule has 1 N–H and O–H groups in total. The molecule has 22 heavy (non-hydrogen) atoms. The maximum Gasteiger partial charge on any atom is 0.224 e. The van der Waals surface area contributed by atoms with Gasteiger partial charge in [-0.25, -0.2) is 0 Å². The molecule has 1 unspecified atom stereocenters. The van der Waals surface area contributed by atoms with Crippen LogP contribution in [-0.2, 0) is 10.2 Å². The first kappa shape index (κ1) is 16.2. The summed E-state index contributed by atoms with van der Waals surface area (Å²) in [7, 11) is 0. The molecule has 0 bridgehead atoms. The Bertz CT molecular complexity index is 612. The predicted octanol–water partition coefficient (Wildman–Crippen LogP) is 4.51. The summed E-state index contributed by atoms with van der Waals surface area (Å²) in [6.07, 6.45) is 4.01. The molecule has 2 rings (SSSR count). The molecule has 0 saturated heterocycles. The standard InChI is InChI=1S/C19H24N2O/c1-14(15-6-5-11-20-13-15)12-18(22)21-17-9-7-16(8-10-17)19(2,3)4/h5-11,13-14H,12H2,1-4H3,(H,21,22). The van der Waals surface area contributed by atoms with E-state index in [1.54, 1.807) is 6.20 Å². The van der Waals surface area contributed by atoms with Crippen LogP contribution >= 0.6 is 0 Å². The van der Waals surface area contributed by atoms with E-state index >= 15 is 0 Å². The van der Waals surface area contributed by atoms with Crippen LogP contribution in [0.15, 0.2) is 48.8 Å². The van der Waals surface area contributed by atoms with Crippen molar-refractivity contribution in [3.63, 3.8) is 0 Å². The second-order valence-electron chi connectivity index (χ2n) is 6.77. The summed E-state index contributed by atoms with van der Waals surface area (Å²) >= 11 is 0. The van der Waals surface area contributed by atoms with E-state index in [0.717, 1.165) is 11.3 Å². The molecule has 116 valence electrons. The molecule has 0 aliphatic rings. The minimum atomic E-state index is 0.0276. The van der Waals surface area contributed by atoms with Gasteiger partial charge in [0.15, 0.2) is 0 Å². The second kappa shape index (κ2) is 6.73. The quantitative estimate of drug-likeness (QED) is 0.902. The van der Waals surface area contributed by atoms with Gasteiger partial charge in [0.25, 0.3) is 0 Å². The lowest BCUT2D eigenvalue weighted by Gasteiger charge is -2.19. The number of carbonyl (C=O) groups is 1. The molecule has 0 aliphatic heterocycles. The Hall–Kier alpha value is -2.16. The third kappa shape index (κ3) is 4.42. The van der Waals surface area contributed by atoms with Crippen LogP contribution in [0.25, 0.3) is 0 Å². The zero-order valence-corrected chi connectivity index (χ0v) is 13.8. The smallest absolute Gasteiger partial charge is 0.224 e. The van der Waals surface area contributed by atoms with Gasteiger partial charge >= 0.3 is 0 Å². The van der Waals surface area contributed by atoms with Crippen molar-refractivity contribution in [2.75, 3.05) is 5.32 Å². The molecule has 1 amide bonds. The molecule has 3 nitrogen and oxygen atoms in total. The third-order valence-electron chi connectivity index (χ3n) is 3.78. The fourth-order valence-electron chi connectivity index (χ4n) is 2.33. The Balaban J connectivity index is 1.95. The topological polar surface area (TPSA) is 42.0 Å². The van der Waals surface area contributed by atoms with Crippen LogP contribution in [0.1, 0.15) is 51.2 Å². The Kier molecular flexibility index (Phi) is 4.96. The van der Waals surface area contributed by atoms with Gasteiger partial charge in [0.05, 0.1) is 0 Å². The largest absolute Gasteiger partial charge is 0.326 e. The van der Waals surface area contributed by atoms with E-state index in [1.165, 1.54) is 5.56 Å². The van der Waals surface area contributed by atoms with Gasteiger partial charge in [-0.3, -0.25) is 9.78 Å². The number of pyridine rings is 1. The van der Waals surface area contributed by atoms with E-state index in [4.69, 9.17) is 0 Å².